The summed E-state index contributed by atoms with van der Waals surface area (Å²) in [6.07, 6.45) is 0.850. The van der Waals surface area contributed by atoms with Crippen molar-refractivity contribution in [3.8, 4) is 0 Å². The van der Waals surface area contributed by atoms with E-state index in [2.05, 4.69) is 12.2 Å². The summed E-state index contributed by atoms with van der Waals surface area (Å²) < 4.78 is 5.22. The molecule has 0 saturated heterocycles. The average molecular weight is 325 g/mol. The topological polar surface area (TPSA) is 55.4 Å². The van der Waals surface area contributed by atoms with Crippen molar-refractivity contribution in [3.05, 3.63) is 71.3 Å². The Morgan fingerprint density at radius 1 is 0.958 bits per heavy atom. The SMILES string of the molecule is CCc1ccc(COC(=O)NC(Cc2ccccc2)C(C)=O)cc1. The summed E-state index contributed by atoms with van der Waals surface area (Å²) >= 11 is 0. The summed E-state index contributed by atoms with van der Waals surface area (Å²) in [5.41, 5.74) is 3.15. The van der Waals surface area contributed by atoms with Gasteiger partial charge in [0.2, 0.25) is 0 Å². The molecule has 0 aliphatic rings. The molecule has 2 rings (SSSR count). The lowest BCUT2D eigenvalue weighted by molar-refractivity contribution is -0.118. The first-order valence-electron chi connectivity index (χ1n) is 8.14. The second kappa shape index (κ2) is 8.87. The molecule has 4 nitrogen and oxygen atoms in total. The van der Waals surface area contributed by atoms with Crippen molar-refractivity contribution >= 4 is 11.9 Å². The minimum atomic E-state index is -0.581. The van der Waals surface area contributed by atoms with Crippen LogP contribution in [0.2, 0.25) is 0 Å². The normalized spacial score (nSPS) is 11.6. The second-order valence-electron chi connectivity index (χ2n) is 5.74. The Labute approximate surface area is 142 Å². The van der Waals surface area contributed by atoms with Crippen LogP contribution in [0.15, 0.2) is 54.6 Å². The Bertz CT molecular complexity index is 665. The van der Waals surface area contributed by atoms with Crippen LogP contribution in [-0.2, 0) is 29.0 Å². The molecular formula is C20H23NO3. The van der Waals surface area contributed by atoms with Crippen LogP contribution in [0.5, 0.6) is 0 Å². The molecule has 1 unspecified atom stereocenters. The number of hydrogen-bond acceptors (Lipinski definition) is 3. The minimum Gasteiger partial charge on any atom is -0.445 e. The molecule has 0 fully saturated rings. The van der Waals surface area contributed by atoms with Gasteiger partial charge in [0.15, 0.2) is 5.78 Å². The molecule has 2 aromatic rings. The fraction of sp³-hybridized carbons (Fsp3) is 0.300. The molecule has 0 saturated carbocycles. The van der Waals surface area contributed by atoms with Gasteiger partial charge in [-0.2, -0.15) is 0 Å². The van der Waals surface area contributed by atoms with E-state index < -0.39 is 12.1 Å². The highest BCUT2D eigenvalue weighted by Gasteiger charge is 2.18. The maximum atomic E-state index is 12.0. The first-order valence-corrected chi connectivity index (χ1v) is 8.14. The number of benzene rings is 2. The van der Waals surface area contributed by atoms with Gasteiger partial charge in [-0.25, -0.2) is 4.79 Å². The van der Waals surface area contributed by atoms with Crippen molar-refractivity contribution in [2.75, 3.05) is 0 Å². The maximum absolute atomic E-state index is 12.0. The van der Waals surface area contributed by atoms with Gasteiger partial charge in [0.25, 0.3) is 0 Å². The van der Waals surface area contributed by atoms with E-state index in [9.17, 15) is 9.59 Å². The number of aryl methyl sites for hydroxylation is 1. The zero-order valence-corrected chi connectivity index (χ0v) is 14.1. The van der Waals surface area contributed by atoms with Crippen LogP contribution in [0.25, 0.3) is 0 Å². The number of rotatable bonds is 7. The Hall–Kier alpha value is -2.62. The van der Waals surface area contributed by atoms with E-state index in [1.807, 2.05) is 54.6 Å². The predicted molar refractivity (Wildman–Crippen MR) is 93.8 cm³/mol. The van der Waals surface area contributed by atoms with Gasteiger partial charge in [0, 0.05) is 0 Å². The number of alkyl carbamates (subject to hydrolysis) is 1. The fourth-order valence-corrected chi connectivity index (χ4v) is 2.35. The van der Waals surface area contributed by atoms with Gasteiger partial charge in [0.1, 0.15) is 6.61 Å². The number of ether oxygens (including phenoxy) is 1. The summed E-state index contributed by atoms with van der Waals surface area (Å²) in [4.78, 5) is 23.7. The van der Waals surface area contributed by atoms with E-state index >= 15 is 0 Å². The number of nitrogens with one attached hydrogen (secondary N) is 1. The smallest absolute Gasteiger partial charge is 0.408 e. The zero-order chi connectivity index (χ0) is 17.4. The lowest BCUT2D eigenvalue weighted by Crippen LogP contribution is -2.41. The van der Waals surface area contributed by atoms with Crippen molar-refractivity contribution in [1.29, 1.82) is 0 Å². The number of carbonyl (C=O) groups is 2. The Morgan fingerprint density at radius 2 is 1.58 bits per heavy atom. The van der Waals surface area contributed by atoms with Crippen molar-refractivity contribution in [2.45, 2.75) is 39.3 Å². The Balaban J connectivity index is 1.87. The summed E-state index contributed by atoms with van der Waals surface area (Å²) in [5, 5.41) is 2.65. The third kappa shape index (κ3) is 5.54. The van der Waals surface area contributed by atoms with Crippen LogP contribution >= 0.6 is 0 Å². The summed E-state index contributed by atoms with van der Waals surface area (Å²) in [6.45, 7) is 3.75. The summed E-state index contributed by atoms with van der Waals surface area (Å²) in [5.74, 6) is -0.0944. The van der Waals surface area contributed by atoms with Crippen LogP contribution in [0.4, 0.5) is 4.79 Å². The molecule has 2 aromatic carbocycles. The Kier molecular flexibility index (Phi) is 6.55. The molecule has 0 heterocycles. The van der Waals surface area contributed by atoms with E-state index in [-0.39, 0.29) is 12.4 Å². The molecule has 1 atom stereocenters. The third-order valence-electron chi connectivity index (χ3n) is 3.87. The lowest BCUT2D eigenvalue weighted by atomic mass is 10.0. The van der Waals surface area contributed by atoms with E-state index in [1.54, 1.807) is 0 Å². The highest BCUT2D eigenvalue weighted by molar-refractivity contribution is 5.85. The second-order valence-corrected chi connectivity index (χ2v) is 5.74. The van der Waals surface area contributed by atoms with Gasteiger partial charge in [-0.1, -0.05) is 61.5 Å². The molecule has 4 heteroatoms. The quantitative estimate of drug-likeness (QED) is 0.845. The first kappa shape index (κ1) is 17.7. The molecule has 1 amide bonds. The molecular weight excluding hydrogens is 302 g/mol. The van der Waals surface area contributed by atoms with Gasteiger partial charge in [-0.15, -0.1) is 0 Å². The predicted octanol–water partition coefficient (Wildman–Crippen LogP) is 3.68. The minimum absolute atomic E-state index is 0.0944. The number of carbonyl (C=O) groups excluding carboxylic acids is 2. The van der Waals surface area contributed by atoms with Crippen LogP contribution < -0.4 is 5.32 Å². The lowest BCUT2D eigenvalue weighted by Gasteiger charge is -2.16. The molecule has 0 aliphatic carbocycles. The fourth-order valence-electron chi connectivity index (χ4n) is 2.35. The number of ketones is 1. The highest BCUT2D eigenvalue weighted by Crippen LogP contribution is 2.07. The molecule has 1 N–H and O–H groups in total. The van der Waals surface area contributed by atoms with E-state index in [4.69, 9.17) is 4.74 Å². The van der Waals surface area contributed by atoms with Crippen LogP contribution in [0, 0.1) is 0 Å². The largest absolute Gasteiger partial charge is 0.445 e. The average Bonchev–Trinajstić information content (AvgIpc) is 2.60. The van der Waals surface area contributed by atoms with Crippen molar-refractivity contribution in [1.82, 2.24) is 5.32 Å². The molecule has 0 radical (unpaired) electrons. The highest BCUT2D eigenvalue weighted by atomic mass is 16.5. The molecule has 126 valence electrons. The molecule has 0 aliphatic heterocycles. The molecule has 0 spiro atoms. The molecule has 0 bridgehead atoms. The van der Waals surface area contributed by atoms with Crippen LogP contribution in [0.1, 0.15) is 30.5 Å². The Morgan fingerprint density at radius 3 is 2.17 bits per heavy atom. The molecule has 0 aromatic heterocycles. The van der Waals surface area contributed by atoms with Gasteiger partial charge in [0.05, 0.1) is 6.04 Å². The monoisotopic (exact) mass is 325 g/mol. The zero-order valence-electron chi connectivity index (χ0n) is 14.1. The van der Waals surface area contributed by atoms with E-state index in [0.29, 0.717) is 6.42 Å². The van der Waals surface area contributed by atoms with Crippen molar-refractivity contribution in [2.24, 2.45) is 0 Å². The van der Waals surface area contributed by atoms with Crippen molar-refractivity contribution in [3.63, 3.8) is 0 Å². The maximum Gasteiger partial charge on any atom is 0.408 e. The van der Waals surface area contributed by atoms with Crippen molar-refractivity contribution < 1.29 is 14.3 Å². The van der Waals surface area contributed by atoms with E-state index in [1.165, 1.54) is 12.5 Å². The van der Waals surface area contributed by atoms with Gasteiger partial charge in [-0.3, -0.25) is 4.79 Å². The summed E-state index contributed by atoms with van der Waals surface area (Å²) in [7, 11) is 0. The van der Waals surface area contributed by atoms with Gasteiger partial charge < -0.3 is 10.1 Å². The first-order chi connectivity index (χ1) is 11.6. The number of amides is 1. The third-order valence-corrected chi connectivity index (χ3v) is 3.87. The van der Waals surface area contributed by atoms with Crippen LogP contribution in [0.3, 0.4) is 0 Å². The van der Waals surface area contributed by atoms with Crippen LogP contribution in [-0.4, -0.2) is 17.9 Å². The number of Topliss-reactive ketones (excluding diaryl/α,β-unsaturated/α-hetero) is 1. The standard InChI is InChI=1S/C20H23NO3/c1-3-16-9-11-18(12-10-16)14-24-20(23)21-19(15(2)22)13-17-7-5-4-6-8-17/h4-12,19H,3,13-14H2,1-2H3,(H,21,23). The number of hydrogen-bond donors (Lipinski definition) is 1. The van der Waals surface area contributed by atoms with Gasteiger partial charge >= 0.3 is 6.09 Å². The van der Waals surface area contributed by atoms with Gasteiger partial charge in [-0.05, 0) is 36.5 Å². The molecule has 24 heavy (non-hydrogen) atoms. The van der Waals surface area contributed by atoms with E-state index in [0.717, 1.165) is 17.5 Å². The summed E-state index contributed by atoms with van der Waals surface area (Å²) in [6, 6.07) is 16.9.